The van der Waals surface area contributed by atoms with E-state index in [1.54, 1.807) is 23.2 Å². The van der Waals surface area contributed by atoms with E-state index in [1.807, 2.05) is 0 Å². The van der Waals surface area contributed by atoms with Crippen molar-refractivity contribution >= 4 is 11.8 Å². The monoisotopic (exact) mass is 331 g/mol. The molecule has 1 aromatic heterocycles. The summed E-state index contributed by atoms with van der Waals surface area (Å²) in [5, 5.41) is 9.18. The Morgan fingerprint density at radius 2 is 2.08 bits per heavy atom. The fraction of sp³-hybridized carbons (Fsp3) is 0.353. The zero-order valence-corrected chi connectivity index (χ0v) is 13.1. The van der Waals surface area contributed by atoms with Crippen molar-refractivity contribution in [2.24, 2.45) is 5.92 Å². The summed E-state index contributed by atoms with van der Waals surface area (Å²) in [5.74, 6) is -1.38. The van der Waals surface area contributed by atoms with Crippen molar-refractivity contribution in [2.45, 2.75) is 19.4 Å². The van der Waals surface area contributed by atoms with Gasteiger partial charge in [0.15, 0.2) is 5.82 Å². The molecule has 2 aromatic rings. The molecule has 7 heteroatoms. The summed E-state index contributed by atoms with van der Waals surface area (Å²) in [6, 6.07) is 5.96. The minimum atomic E-state index is -0.845. The van der Waals surface area contributed by atoms with E-state index in [9.17, 15) is 19.1 Å². The molecule has 0 unspecified atom stereocenters. The van der Waals surface area contributed by atoms with Gasteiger partial charge in [0.2, 0.25) is 0 Å². The lowest BCUT2D eigenvalue weighted by Crippen LogP contribution is -2.42. The molecule has 0 spiro atoms. The highest BCUT2D eigenvalue weighted by Crippen LogP contribution is 2.19. The van der Waals surface area contributed by atoms with Gasteiger partial charge in [0.1, 0.15) is 5.82 Å². The fourth-order valence-corrected chi connectivity index (χ4v) is 2.93. The van der Waals surface area contributed by atoms with Crippen LogP contribution in [0.15, 0.2) is 41.5 Å². The van der Waals surface area contributed by atoms with Crippen LogP contribution in [0.1, 0.15) is 18.4 Å². The summed E-state index contributed by atoms with van der Waals surface area (Å²) < 4.78 is 14.5. The second-order valence-corrected chi connectivity index (χ2v) is 5.93. The summed E-state index contributed by atoms with van der Waals surface area (Å²) in [6.07, 6.45) is 4.44. The van der Waals surface area contributed by atoms with Crippen LogP contribution >= 0.6 is 0 Å². The Labute approximate surface area is 138 Å². The third kappa shape index (κ3) is 3.45. The van der Waals surface area contributed by atoms with Crippen molar-refractivity contribution in [3.05, 3.63) is 58.4 Å². The number of rotatable bonds is 4. The van der Waals surface area contributed by atoms with Crippen LogP contribution in [0, 0.1) is 11.7 Å². The molecule has 126 valence electrons. The number of aliphatic carboxylic acids is 1. The molecule has 1 aliphatic heterocycles. The van der Waals surface area contributed by atoms with Crippen LogP contribution in [0.4, 0.5) is 10.2 Å². The highest BCUT2D eigenvalue weighted by atomic mass is 19.1. The van der Waals surface area contributed by atoms with Crippen LogP contribution in [-0.2, 0) is 11.3 Å². The Hall–Kier alpha value is -2.70. The zero-order chi connectivity index (χ0) is 17.1. The number of halogens is 1. The summed E-state index contributed by atoms with van der Waals surface area (Å²) in [6.45, 7) is 1.22. The van der Waals surface area contributed by atoms with E-state index in [0.717, 1.165) is 5.56 Å². The molecule has 1 aliphatic rings. The summed E-state index contributed by atoms with van der Waals surface area (Å²) in [5.41, 5.74) is 0.533. The zero-order valence-electron chi connectivity index (χ0n) is 13.1. The topological polar surface area (TPSA) is 75.4 Å². The van der Waals surface area contributed by atoms with Gasteiger partial charge in [-0.2, -0.15) is 0 Å². The van der Waals surface area contributed by atoms with Gasteiger partial charge in [-0.15, -0.1) is 0 Å². The number of aromatic nitrogens is 2. The third-order valence-corrected chi connectivity index (χ3v) is 4.23. The highest BCUT2D eigenvalue weighted by Gasteiger charge is 2.27. The number of hydrogen-bond donors (Lipinski definition) is 1. The molecule has 0 aliphatic carbocycles. The van der Waals surface area contributed by atoms with E-state index in [4.69, 9.17) is 0 Å². The molecular weight excluding hydrogens is 313 g/mol. The van der Waals surface area contributed by atoms with E-state index in [-0.39, 0.29) is 23.7 Å². The second-order valence-electron chi connectivity index (χ2n) is 5.93. The van der Waals surface area contributed by atoms with E-state index in [2.05, 4.69) is 4.98 Å². The van der Waals surface area contributed by atoms with Crippen LogP contribution in [0.5, 0.6) is 0 Å². The highest BCUT2D eigenvalue weighted by molar-refractivity contribution is 5.71. The van der Waals surface area contributed by atoms with E-state index >= 15 is 0 Å². The number of anilines is 1. The Bertz CT molecular complexity index is 788. The molecule has 1 N–H and O–H groups in total. The Morgan fingerprint density at radius 1 is 1.33 bits per heavy atom. The minimum absolute atomic E-state index is 0.269. The molecule has 1 saturated heterocycles. The van der Waals surface area contributed by atoms with Gasteiger partial charge < -0.3 is 14.6 Å². The lowest BCUT2D eigenvalue weighted by molar-refractivity contribution is -0.141. The molecule has 3 rings (SSSR count). The first kappa shape index (κ1) is 16.2. The average molecular weight is 331 g/mol. The first-order valence-corrected chi connectivity index (χ1v) is 7.82. The predicted molar refractivity (Wildman–Crippen MR) is 86.6 cm³/mol. The van der Waals surface area contributed by atoms with Gasteiger partial charge in [-0.1, -0.05) is 12.1 Å². The lowest BCUT2D eigenvalue weighted by Gasteiger charge is -2.31. The smallest absolute Gasteiger partial charge is 0.308 e. The van der Waals surface area contributed by atoms with Crippen molar-refractivity contribution < 1.29 is 14.3 Å². The van der Waals surface area contributed by atoms with Crippen LogP contribution in [0.2, 0.25) is 0 Å². The molecule has 0 saturated carbocycles. The number of hydrogen-bond acceptors (Lipinski definition) is 4. The summed E-state index contributed by atoms with van der Waals surface area (Å²) >= 11 is 0. The number of carboxylic acids is 1. The second kappa shape index (κ2) is 6.82. The molecule has 1 aromatic carbocycles. The lowest BCUT2D eigenvalue weighted by atomic mass is 9.98. The van der Waals surface area contributed by atoms with Gasteiger partial charge in [0, 0.05) is 25.5 Å². The standard InChI is InChI=1S/C17H18FN3O3/c18-14-5-3-12(4-6-14)10-21-9-7-19-15(16(21)22)20-8-1-2-13(11-20)17(23)24/h3-7,9,13H,1-2,8,10-11H2,(H,23,24)/t13-/m1/s1. The molecule has 0 bridgehead atoms. The molecule has 2 heterocycles. The largest absolute Gasteiger partial charge is 0.481 e. The van der Waals surface area contributed by atoms with Crippen molar-refractivity contribution in [1.29, 1.82) is 0 Å². The number of carboxylic acid groups (broad SMARTS) is 1. The molecule has 1 atom stereocenters. The molecule has 0 radical (unpaired) electrons. The molecule has 1 fully saturated rings. The van der Waals surface area contributed by atoms with Crippen LogP contribution < -0.4 is 10.5 Å². The number of benzene rings is 1. The van der Waals surface area contributed by atoms with Crippen molar-refractivity contribution in [2.75, 3.05) is 18.0 Å². The van der Waals surface area contributed by atoms with Crippen LogP contribution in [0.25, 0.3) is 0 Å². The maximum Gasteiger partial charge on any atom is 0.308 e. The molecular formula is C17H18FN3O3. The van der Waals surface area contributed by atoms with Crippen LogP contribution in [-0.4, -0.2) is 33.7 Å². The first-order valence-electron chi connectivity index (χ1n) is 7.82. The number of piperidine rings is 1. The number of carbonyl (C=O) groups is 1. The average Bonchev–Trinajstić information content (AvgIpc) is 2.59. The van der Waals surface area contributed by atoms with Gasteiger partial charge in [-0.25, -0.2) is 9.37 Å². The Balaban J connectivity index is 1.84. The predicted octanol–water partition coefficient (Wildman–Crippen LogP) is 1.73. The normalized spacial score (nSPS) is 17.7. The maximum absolute atomic E-state index is 13.0. The quantitative estimate of drug-likeness (QED) is 0.923. The Kier molecular flexibility index (Phi) is 4.59. The molecule has 24 heavy (non-hydrogen) atoms. The SMILES string of the molecule is O=C(O)[C@@H]1CCCN(c2nccn(Cc3ccc(F)cc3)c2=O)C1. The van der Waals surface area contributed by atoms with E-state index in [0.29, 0.717) is 25.9 Å². The summed E-state index contributed by atoms with van der Waals surface area (Å²) in [4.78, 5) is 29.7. The van der Waals surface area contributed by atoms with Crippen LogP contribution in [0.3, 0.4) is 0 Å². The maximum atomic E-state index is 13.0. The van der Waals surface area contributed by atoms with Crippen molar-refractivity contribution in [1.82, 2.24) is 9.55 Å². The molecule has 0 amide bonds. The van der Waals surface area contributed by atoms with Gasteiger partial charge >= 0.3 is 5.97 Å². The fourth-order valence-electron chi connectivity index (χ4n) is 2.93. The molecule has 6 nitrogen and oxygen atoms in total. The first-order chi connectivity index (χ1) is 11.5. The van der Waals surface area contributed by atoms with Gasteiger partial charge in [-0.05, 0) is 30.5 Å². The van der Waals surface area contributed by atoms with Gasteiger partial charge in [-0.3, -0.25) is 9.59 Å². The Morgan fingerprint density at radius 3 is 2.79 bits per heavy atom. The van der Waals surface area contributed by atoms with Crippen molar-refractivity contribution in [3.63, 3.8) is 0 Å². The van der Waals surface area contributed by atoms with Gasteiger partial charge in [0.25, 0.3) is 5.56 Å². The van der Waals surface area contributed by atoms with Gasteiger partial charge in [0.05, 0.1) is 12.5 Å². The minimum Gasteiger partial charge on any atom is -0.481 e. The number of nitrogens with zero attached hydrogens (tertiary/aromatic N) is 3. The van der Waals surface area contributed by atoms with Crippen molar-refractivity contribution in [3.8, 4) is 0 Å². The van der Waals surface area contributed by atoms with E-state index < -0.39 is 11.9 Å². The van der Waals surface area contributed by atoms with E-state index in [1.165, 1.54) is 22.9 Å². The third-order valence-electron chi connectivity index (χ3n) is 4.23. The summed E-state index contributed by atoms with van der Waals surface area (Å²) in [7, 11) is 0.